The zero-order valence-corrected chi connectivity index (χ0v) is 6.72. The first-order chi connectivity index (χ1) is 4.25. The lowest BCUT2D eigenvalue weighted by Gasteiger charge is -2.21. The highest BCUT2D eigenvalue weighted by Crippen LogP contribution is 2.23. The van der Waals surface area contributed by atoms with Crippen molar-refractivity contribution in [1.82, 2.24) is 4.90 Å². The number of hydrogen-bond donors (Lipinski definition) is 0. The minimum atomic E-state index is 0.829. The Hall–Kier alpha value is -0.0400. The van der Waals surface area contributed by atoms with Crippen LogP contribution in [0.15, 0.2) is 0 Å². The summed E-state index contributed by atoms with van der Waals surface area (Å²) < 4.78 is 0. The van der Waals surface area contributed by atoms with Crippen molar-refractivity contribution in [3.05, 3.63) is 0 Å². The minimum absolute atomic E-state index is 0.829. The summed E-state index contributed by atoms with van der Waals surface area (Å²) in [6.45, 7) is 4.59. The van der Waals surface area contributed by atoms with Crippen LogP contribution in [0.5, 0.6) is 0 Å². The van der Waals surface area contributed by atoms with Crippen molar-refractivity contribution in [2.24, 2.45) is 0 Å². The van der Waals surface area contributed by atoms with Crippen molar-refractivity contribution in [3.63, 3.8) is 0 Å². The molecule has 1 aliphatic heterocycles. The first kappa shape index (κ1) is 7.07. The third-order valence-corrected chi connectivity index (χ3v) is 2.66. The van der Waals surface area contributed by atoms with Gasteiger partial charge in [0.2, 0.25) is 0 Å². The largest absolute Gasteiger partial charge is 0.301 e. The molecule has 0 amide bonds. The van der Waals surface area contributed by atoms with E-state index in [-0.39, 0.29) is 0 Å². The first-order valence-electron chi connectivity index (χ1n) is 3.97. The Morgan fingerprint density at radius 1 is 1.44 bits per heavy atom. The lowest BCUT2D eigenvalue weighted by atomic mass is 10.2. The second-order valence-corrected chi connectivity index (χ2v) is 3.15. The van der Waals surface area contributed by atoms with E-state index in [9.17, 15) is 0 Å². The van der Waals surface area contributed by atoms with Gasteiger partial charge in [0.05, 0.1) is 0 Å². The Kier molecular flexibility index (Phi) is 2.12. The highest BCUT2D eigenvalue weighted by molar-refractivity contribution is 4.80. The molecule has 0 aliphatic carbocycles. The van der Waals surface area contributed by atoms with Crippen LogP contribution in [0, 0.1) is 0 Å². The molecular weight excluding hydrogens is 110 g/mol. The number of rotatable bonds is 1. The van der Waals surface area contributed by atoms with Gasteiger partial charge in [-0.3, -0.25) is 0 Å². The second kappa shape index (κ2) is 2.70. The molecule has 9 heavy (non-hydrogen) atoms. The summed E-state index contributed by atoms with van der Waals surface area (Å²) >= 11 is 0. The highest BCUT2D eigenvalue weighted by Gasteiger charge is 2.24. The summed E-state index contributed by atoms with van der Waals surface area (Å²) in [5.74, 6) is 0. The molecule has 54 valence electrons. The molecule has 1 aliphatic rings. The van der Waals surface area contributed by atoms with Gasteiger partial charge in [0.1, 0.15) is 0 Å². The van der Waals surface area contributed by atoms with Crippen molar-refractivity contribution < 1.29 is 0 Å². The Morgan fingerprint density at radius 2 is 2.11 bits per heavy atom. The van der Waals surface area contributed by atoms with Crippen LogP contribution in [-0.2, 0) is 0 Å². The van der Waals surface area contributed by atoms with Crippen molar-refractivity contribution in [3.8, 4) is 0 Å². The van der Waals surface area contributed by atoms with Gasteiger partial charge in [-0.2, -0.15) is 0 Å². The molecule has 1 fully saturated rings. The van der Waals surface area contributed by atoms with Crippen LogP contribution in [0.25, 0.3) is 0 Å². The van der Waals surface area contributed by atoms with E-state index in [1.807, 2.05) is 0 Å². The van der Waals surface area contributed by atoms with E-state index < -0.39 is 0 Å². The highest BCUT2D eigenvalue weighted by atomic mass is 15.2. The van der Waals surface area contributed by atoms with Crippen molar-refractivity contribution in [2.45, 2.75) is 45.2 Å². The smallest absolute Gasteiger partial charge is 0.00929 e. The summed E-state index contributed by atoms with van der Waals surface area (Å²) in [5.41, 5.74) is 0. The normalized spacial score (nSPS) is 37.7. The molecule has 0 aromatic heterocycles. The molecule has 0 spiro atoms. The third-order valence-electron chi connectivity index (χ3n) is 2.66. The van der Waals surface area contributed by atoms with E-state index in [4.69, 9.17) is 0 Å². The molecule has 1 rings (SSSR count). The molecule has 0 N–H and O–H groups in total. The Balaban J connectivity index is 2.41. The van der Waals surface area contributed by atoms with Gasteiger partial charge in [-0.05, 0) is 33.2 Å². The van der Waals surface area contributed by atoms with E-state index >= 15 is 0 Å². The summed E-state index contributed by atoms with van der Waals surface area (Å²) in [7, 11) is 2.24. The van der Waals surface area contributed by atoms with Gasteiger partial charge in [0, 0.05) is 12.1 Å². The van der Waals surface area contributed by atoms with Crippen LogP contribution in [0.2, 0.25) is 0 Å². The zero-order chi connectivity index (χ0) is 6.85. The van der Waals surface area contributed by atoms with Crippen LogP contribution in [0.3, 0.4) is 0 Å². The van der Waals surface area contributed by atoms with Gasteiger partial charge < -0.3 is 4.90 Å². The van der Waals surface area contributed by atoms with E-state index in [1.165, 1.54) is 19.3 Å². The average molecular weight is 127 g/mol. The topological polar surface area (TPSA) is 3.24 Å². The van der Waals surface area contributed by atoms with Gasteiger partial charge in [0.25, 0.3) is 0 Å². The quantitative estimate of drug-likeness (QED) is 0.520. The van der Waals surface area contributed by atoms with Gasteiger partial charge in [-0.15, -0.1) is 0 Å². The molecule has 0 bridgehead atoms. The molecule has 1 heteroatoms. The molecule has 1 saturated heterocycles. The Morgan fingerprint density at radius 3 is 2.33 bits per heavy atom. The summed E-state index contributed by atoms with van der Waals surface area (Å²) in [5, 5.41) is 0. The van der Waals surface area contributed by atoms with Gasteiger partial charge in [-0.1, -0.05) is 6.92 Å². The number of hydrogen-bond acceptors (Lipinski definition) is 1. The summed E-state index contributed by atoms with van der Waals surface area (Å²) in [4.78, 5) is 2.50. The fraction of sp³-hybridized carbons (Fsp3) is 1.00. The van der Waals surface area contributed by atoms with Crippen molar-refractivity contribution in [2.75, 3.05) is 7.05 Å². The van der Waals surface area contributed by atoms with Crippen molar-refractivity contribution >= 4 is 0 Å². The zero-order valence-electron chi connectivity index (χ0n) is 6.72. The molecule has 0 radical (unpaired) electrons. The maximum Gasteiger partial charge on any atom is 0.00929 e. The Labute approximate surface area is 58.0 Å². The summed E-state index contributed by atoms with van der Waals surface area (Å²) in [6, 6.07) is 1.70. The van der Waals surface area contributed by atoms with Gasteiger partial charge in [-0.25, -0.2) is 0 Å². The average Bonchev–Trinajstić information content (AvgIpc) is 2.15. The van der Waals surface area contributed by atoms with Crippen LogP contribution >= 0.6 is 0 Å². The third kappa shape index (κ3) is 1.26. The molecule has 1 heterocycles. The fourth-order valence-corrected chi connectivity index (χ4v) is 1.69. The maximum atomic E-state index is 2.50. The van der Waals surface area contributed by atoms with E-state index in [0.717, 1.165) is 12.1 Å². The van der Waals surface area contributed by atoms with Crippen LogP contribution in [0.4, 0.5) is 0 Å². The molecule has 2 atom stereocenters. The number of nitrogens with zero attached hydrogens (tertiary/aromatic N) is 1. The predicted molar refractivity (Wildman–Crippen MR) is 40.5 cm³/mol. The van der Waals surface area contributed by atoms with Crippen LogP contribution < -0.4 is 0 Å². The molecule has 0 aromatic rings. The molecular formula is C8H17N. The number of likely N-dealkylation sites (tertiary alicyclic amines) is 1. The molecule has 0 unspecified atom stereocenters. The van der Waals surface area contributed by atoms with E-state index in [2.05, 4.69) is 25.8 Å². The van der Waals surface area contributed by atoms with Crippen LogP contribution in [-0.4, -0.2) is 24.0 Å². The predicted octanol–water partition coefficient (Wildman–Crippen LogP) is 1.88. The van der Waals surface area contributed by atoms with Gasteiger partial charge in [0.15, 0.2) is 0 Å². The fourth-order valence-electron chi connectivity index (χ4n) is 1.69. The Bertz CT molecular complexity index is 90.6. The summed E-state index contributed by atoms with van der Waals surface area (Å²) in [6.07, 6.45) is 4.13. The second-order valence-electron chi connectivity index (χ2n) is 3.15. The first-order valence-corrected chi connectivity index (χ1v) is 3.97. The van der Waals surface area contributed by atoms with E-state index in [0.29, 0.717) is 0 Å². The van der Waals surface area contributed by atoms with Crippen molar-refractivity contribution in [1.29, 1.82) is 0 Å². The minimum Gasteiger partial charge on any atom is -0.301 e. The molecule has 0 saturated carbocycles. The molecule has 1 nitrogen and oxygen atoms in total. The standard InChI is InChI=1S/C8H17N/c1-4-8-6-5-7(2)9(8)3/h7-8H,4-6H2,1-3H3/t7-,8-/m1/s1. The lowest BCUT2D eigenvalue weighted by molar-refractivity contribution is 0.248. The van der Waals surface area contributed by atoms with E-state index in [1.54, 1.807) is 0 Å². The maximum absolute atomic E-state index is 2.50. The molecule has 0 aromatic carbocycles. The lowest BCUT2D eigenvalue weighted by Crippen LogP contribution is -2.29. The van der Waals surface area contributed by atoms with Gasteiger partial charge >= 0.3 is 0 Å². The SMILES string of the molecule is CC[C@@H]1CC[C@@H](C)N1C. The monoisotopic (exact) mass is 127 g/mol. The van der Waals surface area contributed by atoms with Crippen LogP contribution in [0.1, 0.15) is 33.1 Å².